The summed E-state index contributed by atoms with van der Waals surface area (Å²) < 4.78 is 4.49. The Morgan fingerprint density at radius 2 is 0.967 bits per heavy atom. The first-order valence-corrected chi connectivity index (χ1v) is 20.1. The van der Waals surface area contributed by atoms with Crippen LogP contribution >= 0.6 is 0 Å². The number of aromatic nitrogens is 5. The lowest BCUT2D eigenvalue weighted by Crippen LogP contribution is -2.37. The van der Waals surface area contributed by atoms with Crippen LogP contribution in [0, 0.1) is 0 Å². The highest BCUT2D eigenvalue weighted by molar-refractivity contribution is 6.24. The summed E-state index contributed by atoms with van der Waals surface area (Å²) in [6, 6.07) is 67.0. The third kappa shape index (κ3) is 5.50. The van der Waals surface area contributed by atoms with Crippen LogP contribution in [0.2, 0.25) is 0 Å². The van der Waals surface area contributed by atoms with E-state index in [1.54, 1.807) is 0 Å². The fraction of sp³-hybridized carbons (Fsp3) is 0.0192. The van der Waals surface area contributed by atoms with E-state index in [2.05, 4.69) is 124 Å². The van der Waals surface area contributed by atoms with Gasteiger partial charge in [0.2, 0.25) is 11.9 Å². The largest absolute Gasteiger partial charge is 0.330 e. The van der Waals surface area contributed by atoms with E-state index in [1.807, 2.05) is 84.9 Å². The number of aliphatic imine (C=N–C) groups is 2. The molecule has 1 aliphatic heterocycles. The molecule has 0 fully saturated rings. The van der Waals surface area contributed by atoms with Crippen LogP contribution in [0.3, 0.4) is 0 Å². The molecule has 8 heteroatoms. The summed E-state index contributed by atoms with van der Waals surface area (Å²) in [4.78, 5) is 26.0. The standard InChI is InChI=1S/C52H34N8/c1-5-18-34(19-6-1)47-53-48(35-20-7-2-8-21-35)56-51(55-47)59-43-28-16-15-27-39(43)41-31-45-42(32-44(41)59)40-30-29-33-17-13-14-26-38(33)46(40)60(45)52-57-49(36-22-9-3-10-23-36)54-50(58-52)37-24-11-4-12-25-37/h1-32,47H,(H,53,55,56). The molecule has 4 heterocycles. The molecule has 0 saturated heterocycles. The number of hydrogen-bond acceptors (Lipinski definition) is 6. The van der Waals surface area contributed by atoms with Crippen molar-refractivity contribution in [3.05, 3.63) is 205 Å². The molecule has 0 aliphatic carbocycles. The number of nitrogens with one attached hydrogen (secondary N) is 1. The monoisotopic (exact) mass is 770 g/mol. The normalized spacial score (nSPS) is 14.2. The van der Waals surface area contributed by atoms with Crippen LogP contribution in [-0.2, 0) is 0 Å². The van der Waals surface area contributed by atoms with Gasteiger partial charge in [-0.1, -0.05) is 176 Å². The number of nitrogens with zero attached hydrogens (tertiary/aromatic N) is 7. The van der Waals surface area contributed by atoms with Crippen LogP contribution in [0.1, 0.15) is 17.3 Å². The molecule has 0 radical (unpaired) electrons. The molecule has 0 amide bonds. The molecule has 1 aliphatic rings. The average Bonchev–Trinajstić information content (AvgIpc) is 3.84. The lowest BCUT2D eigenvalue weighted by atomic mass is 10.0. The number of benzene rings is 8. The molecular formula is C52H34N8. The average molecular weight is 771 g/mol. The van der Waals surface area contributed by atoms with E-state index in [0.29, 0.717) is 29.4 Å². The van der Waals surface area contributed by atoms with Crippen molar-refractivity contribution in [2.45, 2.75) is 6.17 Å². The van der Waals surface area contributed by atoms with Crippen LogP contribution in [0.4, 0.5) is 0 Å². The zero-order valence-corrected chi connectivity index (χ0v) is 32.2. The van der Waals surface area contributed by atoms with Crippen molar-refractivity contribution in [1.29, 1.82) is 0 Å². The van der Waals surface area contributed by atoms with Crippen molar-refractivity contribution < 1.29 is 0 Å². The predicted molar refractivity (Wildman–Crippen MR) is 244 cm³/mol. The molecule has 8 nitrogen and oxygen atoms in total. The van der Waals surface area contributed by atoms with E-state index in [9.17, 15) is 0 Å². The molecule has 12 rings (SSSR count). The van der Waals surface area contributed by atoms with Crippen LogP contribution in [0.5, 0.6) is 0 Å². The quantitative estimate of drug-likeness (QED) is 0.189. The first-order valence-electron chi connectivity index (χ1n) is 20.1. The summed E-state index contributed by atoms with van der Waals surface area (Å²) in [6.07, 6.45) is -0.344. The molecule has 1 atom stereocenters. The molecule has 0 bridgehead atoms. The van der Waals surface area contributed by atoms with Crippen LogP contribution in [-0.4, -0.2) is 35.9 Å². The second-order valence-corrected chi connectivity index (χ2v) is 15.0. The topological polar surface area (TPSA) is 85.3 Å². The highest BCUT2D eigenvalue weighted by Gasteiger charge is 2.26. The van der Waals surface area contributed by atoms with E-state index in [1.165, 1.54) is 0 Å². The van der Waals surface area contributed by atoms with Crippen molar-refractivity contribution in [2.24, 2.45) is 9.98 Å². The Kier molecular flexibility index (Phi) is 7.74. The fourth-order valence-electron chi connectivity index (χ4n) is 8.64. The van der Waals surface area contributed by atoms with Gasteiger partial charge in [-0.25, -0.2) is 9.98 Å². The molecule has 11 aromatic rings. The Hall–Kier alpha value is -8.23. The third-order valence-electron chi connectivity index (χ3n) is 11.4. The second-order valence-electron chi connectivity index (χ2n) is 15.0. The minimum absolute atomic E-state index is 0.344. The van der Waals surface area contributed by atoms with Gasteiger partial charge in [0, 0.05) is 43.6 Å². The van der Waals surface area contributed by atoms with Crippen molar-refractivity contribution in [1.82, 2.24) is 29.4 Å². The maximum atomic E-state index is 5.27. The lowest BCUT2D eigenvalue weighted by molar-refractivity contribution is 0.661. The molecule has 3 aromatic heterocycles. The Bertz CT molecular complexity index is 3440. The smallest absolute Gasteiger partial charge is 0.238 e. The Morgan fingerprint density at radius 1 is 0.417 bits per heavy atom. The molecule has 0 saturated carbocycles. The van der Waals surface area contributed by atoms with Crippen molar-refractivity contribution in [3.8, 4) is 28.7 Å². The summed E-state index contributed by atoms with van der Waals surface area (Å²) in [5, 5.41) is 10.3. The van der Waals surface area contributed by atoms with Crippen molar-refractivity contribution in [2.75, 3.05) is 0 Å². The summed E-state index contributed by atoms with van der Waals surface area (Å²) in [6.45, 7) is 0. The fourth-order valence-corrected chi connectivity index (χ4v) is 8.64. The lowest BCUT2D eigenvalue weighted by Gasteiger charge is -2.24. The maximum Gasteiger partial charge on any atom is 0.238 e. The highest BCUT2D eigenvalue weighted by Crippen LogP contribution is 2.41. The summed E-state index contributed by atoms with van der Waals surface area (Å²) in [5.74, 6) is 3.14. The van der Waals surface area contributed by atoms with E-state index < -0.39 is 0 Å². The van der Waals surface area contributed by atoms with Gasteiger partial charge in [0.05, 0.1) is 22.1 Å². The molecule has 8 aromatic carbocycles. The van der Waals surface area contributed by atoms with E-state index in [0.717, 1.165) is 76.6 Å². The van der Waals surface area contributed by atoms with E-state index in [4.69, 9.17) is 24.9 Å². The van der Waals surface area contributed by atoms with Gasteiger partial charge in [0.15, 0.2) is 17.5 Å². The first kappa shape index (κ1) is 33.9. The van der Waals surface area contributed by atoms with Gasteiger partial charge in [-0.05, 0) is 29.1 Å². The molecule has 1 N–H and O–H groups in total. The van der Waals surface area contributed by atoms with Crippen molar-refractivity contribution in [3.63, 3.8) is 0 Å². The summed E-state index contributed by atoms with van der Waals surface area (Å²) in [5.41, 5.74) is 7.93. The Balaban J connectivity index is 1.17. The third-order valence-corrected chi connectivity index (χ3v) is 11.4. The minimum Gasteiger partial charge on any atom is -0.330 e. The number of para-hydroxylation sites is 1. The SMILES string of the molecule is c1ccc(C2=NC(c3ccccc3)NC(n3c4ccccc4c4cc5c(cc43)c3ccc4ccccc4c3n5-c3nc(-c4ccccc4)nc(-c4ccccc4)n3)=N2)cc1. The van der Waals surface area contributed by atoms with Crippen LogP contribution in [0.15, 0.2) is 204 Å². The Morgan fingerprint density at radius 3 is 1.65 bits per heavy atom. The van der Waals surface area contributed by atoms with Crippen molar-refractivity contribution >= 4 is 66.2 Å². The second kappa shape index (κ2) is 13.7. The Labute approximate surface area is 344 Å². The van der Waals surface area contributed by atoms with Gasteiger partial charge in [-0.2, -0.15) is 15.0 Å². The predicted octanol–water partition coefficient (Wildman–Crippen LogP) is 11.5. The molecule has 282 valence electrons. The van der Waals surface area contributed by atoms with Gasteiger partial charge in [0.25, 0.3) is 0 Å². The summed E-state index contributed by atoms with van der Waals surface area (Å²) in [7, 11) is 0. The van der Waals surface area contributed by atoms with Gasteiger partial charge < -0.3 is 5.32 Å². The molecule has 1 unspecified atom stereocenters. The molecule has 60 heavy (non-hydrogen) atoms. The number of rotatable bonds is 5. The van der Waals surface area contributed by atoms with Gasteiger partial charge in [0.1, 0.15) is 6.17 Å². The summed E-state index contributed by atoms with van der Waals surface area (Å²) >= 11 is 0. The molecular weight excluding hydrogens is 737 g/mol. The van der Waals surface area contributed by atoms with Gasteiger partial charge >= 0.3 is 0 Å². The number of amidine groups is 1. The van der Waals surface area contributed by atoms with Crippen LogP contribution < -0.4 is 5.32 Å². The number of fused-ring (bicyclic) bond motifs is 8. The van der Waals surface area contributed by atoms with E-state index in [-0.39, 0.29) is 6.17 Å². The minimum atomic E-state index is -0.344. The van der Waals surface area contributed by atoms with Crippen LogP contribution in [0.25, 0.3) is 83.1 Å². The first-order chi connectivity index (χ1) is 29.7. The maximum absolute atomic E-state index is 5.27. The number of hydrogen-bond donors (Lipinski definition) is 1. The van der Waals surface area contributed by atoms with E-state index >= 15 is 0 Å². The van der Waals surface area contributed by atoms with Gasteiger partial charge in [-0.15, -0.1) is 0 Å². The zero-order chi connectivity index (χ0) is 39.6. The highest BCUT2D eigenvalue weighted by atomic mass is 15.3. The zero-order valence-electron chi connectivity index (χ0n) is 32.2. The van der Waals surface area contributed by atoms with Gasteiger partial charge in [-0.3, -0.25) is 9.13 Å². The molecule has 0 spiro atoms.